The molecule has 1 aliphatic rings. The highest BCUT2D eigenvalue weighted by Gasteiger charge is 2.45. The van der Waals surface area contributed by atoms with E-state index in [9.17, 15) is 4.79 Å². The highest BCUT2D eigenvalue weighted by molar-refractivity contribution is 9.10. The number of nitrogens with one attached hydrogen (secondary N) is 1. The molecule has 0 atom stereocenters. The minimum absolute atomic E-state index is 0.0843. The number of halogens is 1. The number of carbonyl (C=O) groups excluding carboxylic acids is 1. The van der Waals surface area contributed by atoms with Crippen LogP contribution in [0.4, 0.5) is 5.69 Å². The number of rotatable bonds is 2. The van der Waals surface area contributed by atoms with Crippen LogP contribution in [0.1, 0.15) is 12.8 Å². The molecule has 0 saturated heterocycles. The Kier molecular flexibility index (Phi) is 2.64. The Labute approximate surface area is 113 Å². The van der Waals surface area contributed by atoms with E-state index in [0.29, 0.717) is 0 Å². The van der Waals surface area contributed by atoms with E-state index in [0.717, 1.165) is 33.8 Å². The predicted octanol–water partition coefficient (Wildman–Crippen LogP) is 3.03. The van der Waals surface area contributed by atoms with E-state index < -0.39 is 5.54 Å². The van der Waals surface area contributed by atoms with Crippen molar-refractivity contribution in [3.05, 3.63) is 40.9 Å². The van der Waals surface area contributed by atoms with Gasteiger partial charge in [-0.05, 0) is 47.9 Å². The van der Waals surface area contributed by atoms with Gasteiger partial charge in [0.15, 0.2) is 0 Å². The standard InChI is InChI=1S/C14H13BrN2O/c15-11-3-1-10-8-12(4-2-9(10)7-11)17-13(18)14(16)5-6-14/h1-4,7-8H,5-6,16H2,(H,17,18). The Hall–Kier alpha value is -1.39. The van der Waals surface area contributed by atoms with E-state index in [-0.39, 0.29) is 5.91 Å². The third kappa shape index (κ3) is 2.13. The van der Waals surface area contributed by atoms with Gasteiger partial charge in [-0.2, -0.15) is 0 Å². The van der Waals surface area contributed by atoms with Crippen molar-refractivity contribution in [2.24, 2.45) is 5.73 Å². The molecule has 4 heteroatoms. The summed E-state index contributed by atoms with van der Waals surface area (Å²) >= 11 is 3.44. The van der Waals surface area contributed by atoms with Gasteiger partial charge in [0, 0.05) is 10.2 Å². The second kappa shape index (κ2) is 4.07. The van der Waals surface area contributed by atoms with Crippen molar-refractivity contribution in [1.82, 2.24) is 0 Å². The van der Waals surface area contributed by atoms with E-state index in [1.165, 1.54) is 0 Å². The van der Waals surface area contributed by atoms with Crippen LogP contribution in [0.5, 0.6) is 0 Å². The van der Waals surface area contributed by atoms with Crippen molar-refractivity contribution < 1.29 is 4.79 Å². The molecule has 0 unspecified atom stereocenters. The molecule has 0 spiro atoms. The molecule has 3 nitrogen and oxygen atoms in total. The summed E-state index contributed by atoms with van der Waals surface area (Å²) in [6.45, 7) is 0. The quantitative estimate of drug-likeness (QED) is 0.896. The molecule has 0 radical (unpaired) electrons. The van der Waals surface area contributed by atoms with Gasteiger partial charge in [0.05, 0.1) is 5.54 Å². The summed E-state index contributed by atoms with van der Waals surface area (Å²) in [6.07, 6.45) is 1.55. The fourth-order valence-electron chi connectivity index (χ4n) is 1.91. The molecule has 0 heterocycles. The highest BCUT2D eigenvalue weighted by Crippen LogP contribution is 2.33. The number of anilines is 1. The first-order valence-corrected chi connectivity index (χ1v) is 6.66. The van der Waals surface area contributed by atoms with Crippen LogP contribution in [-0.2, 0) is 4.79 Å². The second-order valence-electron chi connectivity index (χ2n) is 4.82. The molecule has 1 saturated carbocycles. The van der Waals surface area contributed by atoms with Gasteiger partial charge < -0.3 is 11.1 Å². The maximum atomic E-state index is 11.8. The molecule has 1 amide bonds. The number of benzene rings is 2. The lowest BCUT2D eigenvalue weighted by Crippen LogP contribution is -2.37. The van der Waals surface area contributed by atoms with Gasteiger partial charge in [-0.25, -0.2) is 0 Å². The number of fused-ring (bicyclic) bond motifs is 1. The Bertz CT molecular complexity index is 635. The Morgan fingerprint density at radius 1 is 1.17 bits per heavy atom. The SMILES string of the molecule is NC1(C(=O)Nc2ccc3cc(Br)ccc3c2)CC1. The molecular weight excluding hydrogens is 292 g/mol. The molecule has 0 aromatic heterocycles. The molecule has 0 aliphatic heterocycles. The van der Waals surface area contributed by atoms with Crippen LogP contribution in [0.15, 0.2) is 40.9 Å². The molecule has 1 aliphatic carbocycles. The highest BCUT2D eigenvalue weighted by atomic mass is 79.9. The third-order valence-corrected chi connectivity index (χ3v) is 3.79. The van der Waals surface area contributed by atoms with Crippen molar-refractivity contribution in [2.45, 2.75) is 18.4 Å². The summed E-state index contributed by atoms with van der Waals surface area (Å²) in [5.41, 5.74) is 6.02. The van der Waals surface area contributed by atoms with E-state index >= 15 is 0 Å². The monoisotopic (exact) mass is 304 g/mol. The normalized spacial score (nSPS) is 16.6. The van der Waals surface area contributed by atoms with Crippen molar-refractivity contribution in [3.63, 3.8) is 0 Å². The van der Waals surface area contributed by atoms with Gasteiger partial charge in [-0.1, -0.05) is 28.1 Å². The molecule has 2 aromatic carbocycles. The van der Waals surface area contributed by atoms with Crippen molar-refractivity contribution in [3.8, 4) is 0 Å². The molecule has 1 fully saturated rings. The minimum Gasteiger partial charge on any atom is -0.324 e. The smallest absolute Gasteiger partial charge is 0.244 e. The zero-order valence-corrected chi connectivity index (χ0v) is 11.3. The van der Waals surface area contributed by atoms with Crippen LogP contribution in [-0.4, -0.2) is 11.4 Å². The van der Waals surface area contributed by atoms with Crippen LogP contribution in [0.2, 0.25) is 0 Å². The van der Waals surface area contributed by atoms with Crippen molar-refractivity contribution in [1.29, 1.82) is 0 Å². The average molecular weight is 305 g/mol. The Morgan fingerprint density at radius 3 is 2.56 bits per heavy atom. The summed E-state index contributed by atoms with van der Waals surface area (Å²) in [7, 11) is 0. The van der Waals surface area contributed by atoms with Gasteiger partial charge in [-0.3, -0.25) is 4.79 Å². The van der Waals surface area contributed by atoms with E-state index in [1.54, 1.807) is 0 Å². The lowest BCUT2D eigenvalue weighted by molar-refractivity contribution is -0.118. The Morgan fingerprint density at radius 2 is 1.83 bits per heavy atom. The maximum Gasteiger partial charge on any atom is 0.244 e. The molecule has 0 bridgehead atoms. The van der Waals surface area contributed by atoms with Crippen LogP contribution in [0.3, 0.4) is 0 Å². The predicted molar refractivity (Wildman–Crippen MR) is 76.4 cm³/mol. The van der Waals surface area contributed by atoms with Gasteiger partial charge in [0.1, 0.15) is 0 Å². The molecule has 3 N–H and O–H groups in total. The Balaban J connectivity index is 1.89. The van der Waals surface area contributed by atoms with Crippen LogP contribution < -0.4 is 11.1 Å². The maximum absolute atomic E-state index is 11.8. The molecule has 2 aromatic rings. The summed E-state index contributed by atoms with van der Waals surface area (Å²) in [5.74, 6) is -0.0843. The van der Waals surface area contributed by atoms with Gasteiger partial charge in [-0.15, -0.1) is 0 Å². The zero-order valence-electron chi connectivity index (χ0n) is 9.74. The minimum atomic E-state index is -0.630. The number of carbonyl (C=O) groups is 1. The summed E-state index contributed by atoms with van der Waals surface area (Å²) in [6, 6.07) is 11.9. The van der Waals surface area contributed by atoms with Gasteiger partial charge >= 0.3 is 0 Å². The van der Waals surface area contributed by atoms with Crippen molar-refractivity contribution in [2.75, 3.05) is 5.32 Å². The largest absolute Gasteiger partial charge is 0.324 e. The number of nitrogens with two attached hydrogens (primary N) is 1. The molecule has 3 rings (SSSR count). The van der Waals surface area contributed by atoms with Gasteiger partial charge in [0.2, 0.25) is 5.91 Å². The number of amides is 1. The first kappa shape index (κ1) is 11.7. The first-order valence-electron chi connectivity index (χ1n) is 5.86. The van der Waals surface area contributed by atoms with E-state index in [1.807, 2.05) is 36.4 Å². The number of hydrogen-bond acceptors (Lipinski definition) is 2. The fourth-order valence-corrected chi connectivity index (χ4v) is 2.29. The summed E-state index contributed by atoms with van der Waals surface area (Å²) in [4.78, 5) is 11.8. The van der Waals surface area contributed by atoms with Crippen LogP contribution in [0.25, 0.3) is 10.8 Å². The molecular formula is C14H13BrN2O. The molecule has 92 valence electrons. The number of hydrogen-bond donors (Lipinski definition) is 2. The summed E-state index contributed by atoms with van der Waals surface area (Å²) < 4.78 is 1.05. The fraction of sp³-hybridized carbons (Fsp3) is 0.214. The lowest BCUT2D eigenvalue weighted by Gasteiger charge is -2.10. The van der Waals surface area contributed by atoms with Gasteiger partial charge in [0.25, 0.3) is 0 Å². The molecule has 18 heavy (non-hydrogen) atoms. The van der Waals surface area contributed by atoms with Crippen LogP contribution in [0, 0.1) is 0 Å². The third-order valence-electron chi connectivity index (χ3n) is 3.30. The average Bonchev–Trinajstić information content (AvgIpc) is 3.09. The first-order chi connectivity index (χ1) is 8.57. The lowest BCUT2D eigenvalue weighted by atomic mass is 10.1. The van der Waals surface area contributed by atoms with Crippen LogP contribution >= 0.6 is 15.9 Å². The zero-order chi connectivity index (χ0) is 12.8. The topological polar surface area (TPSA) is 55.1 Å². The second-order valence-corrected chi connectivity index (χ2v) is 5.73. The van der Waals surface area contributed by atoms with E-state index in [2.05, 4.69) is 21.2 Å². The van der Waals surface area contributed by atoms with Crippen molar-refractivity contribution >= 4 is 38.3 Å². The van der Waals surface area contributed by atoms with E-state index in [4.69, 9.17) is 5.73 Å². The summed E-state index contributed by atoms with van der Waals surface area (Å²) in [5, 5.41) is 5.11.